The Morgan fingerprint density at radius 1 is 1.48 bits per heavy atom. The van der Waals surface area contributed by atoms with Gasteiger partial charge in [-0.2, -0.15) is 0 Å². The van der Waals surface area contributed by atoms with Crippen LogP contribution in [-0.2, 0) is 13.6 Å². The Hall–Kier alpha value is -1.72. The maximum absolute atomic E-state index is 12.2. The number of hydrogen-bond donors (Lipinski definition) is 1. The third kappa shape index (κ3) is 3.49. The minimum Gasteiger partial charge on any atom is -0.478 e. The van der Waals surface area contributed by atoms with E-state index in [4.69, 9.17) is 27.9 Å². The number of carbonyl (C=O) groups is 1. The third-order valence-corrected chi connectivity index (χ3v) is 3.76. The van der Waals surface area contributed by atoms with E-state index in [-0.39, 0.29) is 5.91 Å². The molecule has 1 amide bonds. The molecule has 0 aliphatic carbocycles. The number of nitrogens with one attached hydrogen (secondary N) is 1. The quantitative estimate of drug-likeness (QED) is 0.918. The number of halogens is 2. The Kier molecular flexibility index (Phi) is 5.09. The fraction of sp³-hybridized carbons (Fsp3) is 0.286. The number of pyridine rings is 1. The highest BCUT2D eigenvalue weighted by Crippen LogP contribution is 2.25. The van der Waals surface area contributed by atoms with Crippen LogP contribution in [0.1, 0.15) is 23.0 Å². The summed E-state index contributed by atoms with van der Waals surface area (Å²) >= 11 is 11.8. The Bertz CT molecular complexity index is 656. The van der Waals surface area contributed by atoms with Crippen LogP contribution in [0, 0.1) is 0 Å². The lowest BCUT2D eigenvalue weighted by Crippen LogP contribution is -2.25. The van der Waals surface area contributed by atoms with Crippen molar-refractivity contribution in [2.24, 2.45) is 7.05 Å². The first-order chi connectivity index (χ1) is 10.0. The Morgan fingerprint density at radius 3 is 2.86 bits per heavy atom. The summed E-state index contributed by atoms with van der Waals surface area (Å²) in [5, 5.41) is 3.48. The summed E-state index contributed by atoms with van der Waals surface area (Å²) in [7, 11) is 1.68. The molecule has 0 radical (unpaired) electrons. The predicted octanol–water partition coefficient (Wildman–Crippen LogP) is 3.06. The lowest BCUT2D eigenvalue weighted by Gasteiger charge is -2.10. The standard InChI is InChI=1S/C14H15Cl2N3O2/c1-3-21-14-9(5-4-6-17-14)8-18-13(20)11-7-10(15)12(16)19(11)2/h4-7H,3,8H2,1-2H3,(H,18,20). The number of carbonyl (C=O) groups excluding carboxylic acids is 1. The summed E-state index contributed by atoms with van der Waals surface area (Å²) in [5.41, 5.74) is 1.20. The SMILES string of the molecule is CCOc1ncccc1CNC(=O)c1cc(Cl)c(Cl)n1C. The highest BCUT2D eigenvalue weighted by Gasteiger charge is 2.16. The maximum atomic E-state index is 12.2. The second kappa shape index (κ2) is 6.83. The van der Waals surface area contributed by atoms with Gasteiger partial charge < -0.3 is 14.6 Å². The van der Waals surface area contributed by atoms with Crippen LogP contribution >= 0.6 is 23.2 Å². The zero-order chi connectivity index (χ0) is 15.4. The van der Waals surface area contributed by atoms with E-state index in [1.807, 2.05) is 13.0 Å². The molecule has 0 fully saturated rings. The van der Waals surface area contributed by atoms with Crippen LogP contribution in [0.2, 0.25) is 10.2 Å². The average molecular weight is 328 g/mol. The van der Waals surface area contributed by atoms with Crippen LogP contribution in [0.4, 0.5) is 0 Å². The molecule has 2 heterocycles. The summed E-state index contributed by atoms with van der Waals surface area (Å²) in [5.74, 6) is 0.251. The first-order valence-corrected chi connectivity index (χ1v) is 7.15. The van der Waals surface area contributed by atoms with Crippen LogP contribution < -0.4 is 10.1 Å². The molecule has 112 valence electrons. The van der Waals surface area contributed by atoms with Crippen molar-refractivity contribution in [2.75, 3.05) is 6.61 Å². The summed E-state index contributed by atoms with van der Waals surface area (Å²) in [6, 6.07) is 5.18. The topological polar surface area (TPSA) is 56.1 Å². The maximum Gasteiger partial charge on any atom is 0.268 e. The van der Waals surface area contributed by atoms with E-state index in [1.54, 1.807) is 19.3 Å². The molecular weight excluding hydrogens is 313 g/mol. The summed E-state index contributed by atoms with van der Waals surface area (Å²) < 4.78 is 6.95. The van der Waals surface area contributed by atoms with Gasteiger partial charge in [0.2, 0.25) is 5.88 Å². The molecule has 0 aliphatic rings. The van der Waals surface area contributed by atoms with Gasteiger partial charge in [-0.1, -0.05) is 29.3 Å². The van der Waals surface area contributed by atoms with Gasteiger partial charge in [0.1, 0.15) is 10.8 Å². The van der Waals surface area contributed by atoms with E-state index < -0.39 is 0 Å². The normalized spacial score (nSPS) is 10.5. The summed E-state index contributed by atoms with van der Waals surface area (Å²) in [6.45, 7) is 2.70. The Labute approximate surface area is 132 Å². The fourth-order valence-corrected chi connectivity index (χ4v) is 2.23. The molecule has 2 rings (SSSR count). The van der Waals surface area contributed by atoms with Crippen molar-refractivity contribution in [3.63, 3.8) is 0 Å². The van der Waals surface area contributed by atoms with Gasteiger partial charge in [0.05, 0.1) is 11.6 Å². The first-order valence-electron chi connectivity index (χ1n) is 6.40. The zero-order valence-corrected chi connectivity index (χ0v) is 13.2. The van der Waals surface area contributed by atoms with Gasteiger partial charge in [-0.25, -0.2) is 4.98 Å². The molecule has 0 unspecified atom stereocenters. The highest BCUT2D eigenvalue weighted by molar-refractivity contribution is 6.41. The second-order valence-electron chi connectivity index (χ2n) is 4.31. The monoisotopic (exact) mass is 327 g/mol. The van der Waals surface area contributed by atoms with Crippen molar-refractivity contribution < 1.29 is 9.53 Å². The summed E-state index contributed by atoms with van der Waals surface area (Å²) in [4.78, 5) is 16.3. The minimum atomic E-state index is -0.266. The van der Waals surface area contributed by atoms with Crippen LogP contribution in [0.15, 0.2) is 24.4 Å². The molecule has 7 heteroatoms. The Balaban J connectivity index is 2.09. The number of amides is 1. The predicted molar refractivity (Wildman–Crippen MR) is 82.0 cm³/mol. The number of ether oxygens (including phenoxy) is 1. The van der Waals surface area contributed by atoms with E-state index >= 15 is 0 Å². The van der Waals surface area contributed by atoms with Gasteiger partial charge in [-0.3, -0.25) is 4.79 Å². The van der Waals surface area contributed by atoms with Crippen LogP contribution in [0.3, 0.4) is 0 Å². The van der Waals surface area contributed by atoms with Crippen molar-refractivity contribution >= 4 is 29.1 Å². The lowest BCUT2D eigenvalue weighted by molar-refractivity contribution is 0.0942. The zero-order valence-electron chi connectivity index (χ0n) is 11.7. The van der Waals surface area contributed by atoms with E-state index in [0.717, 1.165) is 5.56 Å². The van der Waals surface area contributed by atoms with Gasteiger partial charge in [-0.15, -0.1) is 0 Å². The molecule has 21 heavy (non-hydrogen) atoms. The third-order valence-electron chi connectivity index (χ3n) is 2.92. The van der Waals surface area contributed by atoms with Crippen LogP contribution in [0.25, 0.3) is 0 Å². The number of nitrogens with zero attached hydrogens (tertiary/aromatic N) is 2. The number of hydrogen-bond acceptors (Lipinski definition) is 3. The van der Waals surface area contributed by atoms with Gasteiger partial charge >= 0.3 is 0 Å². The van der Waals surface area contributed by atoms with Crippen LogP contribution in [-0.4, -0.2) is 22.1 Å². The molecule has 0 aliphatic heterocycles. The van der Waals surface area contributed by atoms with Gasteiger partial charge in [0.15, 0.2) is 0 Å². The molecule has 0 bridgehead atoms. The highest BCUT2D eigenvalue weighted by atomic mass is 35.5. The molecule has 0 atom stereocenters. The van der Waals surface area contributed by atoms with Crippen molar-refractivity contribution in [2.45, 2.75) is 13.5 Å². The van der Waals surface area contributed by atoms with E-state index in [2.05, 4.69) is 10.3 Å². The van der Waals surface area contributed by atoms with E-state index in [0.29, 0.717) is 34.9 Å². The minimum absolute atomic E-state index is 0.266. The smallest absolute Gasteiger partial charge is 0.268 e. The van der Waals surface area contributed by atoms with Gasteiger partial charge in [0.25, 0.3) is 5.91 Å². The second-order valence-corrected chi connectivity index (χ2v) is 5.08. The van der Waals surface area contributed by atoms with Crippen molar-refractivity contribution in [1.82, 2.24) is 14.9 Å². The first kappa shape index (κ1) is 15.7. The van der Waals surface area contributed by atoms with Crippen molar-refractivity contribution in [3.05, 3.63) is 45.8 Å². The molecular formula is C14H15Cl2N3O2. The molecule has 0 spiro atoms. The molecule has 2 aromatic rings. The molecule has 1 N–H and O–H groups in total. The van der Waals surface area contributed by atoms with E-state index in [9.17, 15) is 4.79 Å². The van der Waals surface area contributed by atoms with Crippen LogP contribution in [0.5, 0.6) is 5.88 Å². The summed E-state index contributed by atoms with van der Waals surface area (Å²) in [6.07, 6.45) is 1.65. The largest absolute Gasteiger partial charge is 0.478 e. The van der Waals surface area contributed by atoms with Crippen molar-refractivity contribution in [3.8, 4) is 5.88 Å². The Morgan fingerprint density at radius 2 is 2.24 bits per heavy atom. The number of aromatic nitrogens is 2. The number of rotatable bonds is 5. The van der Waals surface area contributed by atoms with Gasteiger partial charge in [0, 0.05) is 25.4 Å². The molecule has 5 nitrogen and oxygen atoms in total. The van der Waals surface area contributed by atoms with Crippen molar-refractivity contribution in [1.29, 1.82) is 0 Å². The molecule has 0 saturated carbocycles. The lowest BCUT2D eigenvalue weighted by atomic mass is 10.2. The van der Waals surface area contributed by atoms with Gasteiger partial charge in [-0.05, 0) is 19.1 Å². The van der Waals surface area contributed by atoms with E-state index in [1.165, 1.54) is 10.6 Å². The molecule has 2 aromatic heterocycles. The average Bonchev–Trinajstić information content (AvgIpc) is 2.74. The fourth-order valence-electron chi connectivity index (χ4n) is 1.85. The molecule has 0 aromatic carbocycles. The molecule has 0 saturated heterocycles.